The molecule has 0 atom stereocenters. The van der Waals surface area contributed by atoms with Crippen LogP contribution >= 0.6 is 0 Å². The minimum Gasteiger partial charge on any atom is -0.466 e. The lowest BCUT2D eigenvalue weighted by Gasteiger charge is -2.09. The second-order valence-electron chi connectivity index (χ2n) is 4.47. The van der Waals surface area contributed by atoms with Gasteiger partial charge in [0.1, 0.15) is 0 Å². The van der Waals surface area contributed by atoms with Gasteiger partial charge in [-0.2, -0.15) is 0 Å². The van der Waals surface area contributed by atoms with Gasteiger partial charge in [0.2, 0.25) is 0 Å². The third-order valence-electron chi connectivity index (χ3n) is 3.27. The summed E-state index contributed by atoms with van der Waals surface area (Å²) in [6.45, 7) is 0. The number of H-pyrrole nitrogens is 1. The van der Waals surface area contributed by atoms with Gasteiger partial charge in [-0.1, -0.05) is 0 Å². The standard InChI is InChI=1S/C14H17NO4/c1-18-13(16)8-10(14(17)19-2)12-7-9-5-3-4-6-11(9)15-12/h7-8,15H,3-6H2,1-2H3/b10-8-. The Labute approximate surface area is 111 Å². The van der Waals surface area contributed by atoms with Crippen molar-refractivity contribution < 1.29 is 19.1 Å². The van der Waals surface area contributed by atoms with E-state index < -0.39 is 11.9 Å². The fourth-order valence-corrected chi connectivity index (χ4v) is 2.28. The molecule has 1 aromatic rings. The van der Waals surface area contributed by atoms with Crippen molar-refractivity contribution in [2.45, 2.75) is 25.7 Å². The van der Waals surface area contributed by atoms with Gasteiger partial charge >= 0.3 is 11.9 Å². The Hall–Kier alpha value is -2.04. The molecule has 1 aliphatic rings. The first-order valence-electron chi connectivity index (χ1n) is 6.24. The van der Waals surface area contributed by atoms with Gasteiger partial charge in [0.15, 0.2) is 0 Å². The Bertz CT molecular complexity index is 504. The number of methoxy groups -OCH3 is 2. The van der Waals surface area contributed by atoms with Crippen LogP contribution in [0.5, 0.6) is 0 Å². The second kappa shape index (κ2) is 5.73. The number of hydrogen-bond acceptors (Lipinski definition) is 4. The van der Waals surface area contributed by atoms with Crippen LogP contribution in [0, 0.1) is 0 Å². The van der Waals surface area contributed by atoms with Gasteiger partial charge in [0.05, 0.1) is 25.5 Å². The zero-order valence-corrected chi connectivity index (χ0v) is 11.1. The van der Waals surface area contributed by atoms with E-state index in [1.165, 1.54) is 19.8 Å². The van der Waals surface area contributed by atoms with Crippen LogP contribution < -0.4 is 0 Å². The summed E-state index contributed by atoms with van der Waals surface area (Å²) < 4.78 is 9.27. The summed E-state index contributed by atoms with van der Waals surface area (Å²) in [5, 5.41) is 0. The molecule has 1 heterocycles. The molecule has 5 nitrogen and oxygen atoms in total. The molecule has 102 valence electrons. The van der Waals surface area contributed by atoms with Crippen molar-refractivity contribution in [3.05, 3.63) is 29.1 Å². The van der Waals surface area contributed by atoms with Gasteiger partial charge in [-0.15, -0.1) is 0 Å². The third-order valence-corrected chi connectivity index (χ3v) is 3.27. The molecule has 0 aliphatic heterocycles. The number of carbonyl (C=O) groups is 2. The van der Waals surface area contributed by atoms with E-state index in [-0.39, 0.29) is 5.57 Å². The molecular formula is C14H17NO4. The van der Waals surface area contributed by atoms with Crippen molar-refractivity contribution in [2.75, 3.05) is 14.2 Å². The molecule has 0 radical (unpaired) electrons. The molecule has 0 aromatic carbocycles. The molecule has 1 aromatic heterocycles. The van der Waals surface area contributed by atoms with Gasteiger partial charge in [0, 0.05) is 11.8 Å². The number of ether oxygens (including phenoxy) is 2. The van der Waals surface area contributed by atoms with Crippen molar-refractivity contribution in [1.82, 2.24) is 4.98 Å². The van der Waals surface area contributed by atoms with Crippen LogP contribution in [0.15, 0.2) is 12.1 Å². The van der Waals surface area contributed by atoms with E-state index in [0.29, 0.717) is 5.69 Å². The lowest BCUT2D eigenvalue weighted by Crippen LogP contribution is -2.08. The molecule has 0 saturated heterocycles. The molecule has 0 spiro atoms. The molecule has 0 saturated carbocycles. The maximum atomic E-state index is 11.8. The van der Waals surface area contributed by atoms with Crippen LogP contribution in [0.25, 0.3) is 5.57 Å². The summed E-state index contributed by atoms with van der Waals surface area (Å²) >= 11 is 0. The number of nitrogens with one attached hydrogen (secondary N) is 1. The molecule has 1 N–H and O–H groups in total. The smallest absolute Gasteiger partial charge is 0.340 e. The van der Waals surface area contributed by atoms with Gasteiger partial charge < -0.3 is 14.5 Å². The van der Waals surface area contributed by atoms with E-state index in [9.17, 15) is 9.59 Å². The molecule has 5 heteroatoms. The van der Waals surface area contributed by atoms with Gasteiger partial charge in [-0.25, -0.2) is 9.59 Å². The van der Waals surface area contributed by atoms with E-state index in [4.69, 9.17) is 4.74 Å². The Morgan fingerprint density at radius 1 is 1.21 bits per heavy atom. The number of rotatable bonds is 3. The molecule has 2 rings (SSSR count). The number of aromatic nitrogens is 1. The predicted octanol–water partition coefficient (Wildman–Crippen LogP) is 1.62. The maximum absolute atomic E-state index is 11.8. The number of hydrogen-bond donors (Lipinski definition) is 1. The van der Waals surface area contributed by atoms with Crippen molar-refractivity contribution >= 4 is 17.5 Å². The normalized spacial score (nSPS) is 14.7. The summed E-state index contributed by atoms with van der Waals surface area (Å²) in [5.74, 6) is -1.13. The number of aryl methyl sites for hydroxylation is 2. The largest absolute Gasteiger partial charge is 0.466 e. The lowest BCUT2D eigenvalue weighted by atomic mass is 9.98. The highest BCUT2D eigenvalue weighted by Gasteiger charge is 2.20. The van der Waals surface area contributed by atoms with Crippen LogP contribution in [-0.2, 0) is 31.9 Å². The second-order valence-corrected chi connectivity index (χ2v) is 4.47. The highest BCUT2D eigenvalue weighted by atomic mass is 16.5. The van der Waals surface area contributed by atoms with Crippen molar-refractivity contribution in [2.24, 2.45) is 0 Å². The van der Waals surface area contributed by atoms with E-state index in [0.717, 1.165) is 37.5 Å². The van der Waals surface area contributed by atoms with Gasteiger partial charge in [-0.3, -0.25) is 0 Å². The summed E-state index contributed by atoms with van der Waals surface area (Å²) in [7, 11) is 2.56. The van der Waals surface area contributed by atoms with Crippen molar-refractivity contribution in [3.63, 3.8) is 0 Å². The van der Waals surface area contributed by atoms with Crippen LogP contribution in [0.1, 0.15) is 29.8 Å². The first kappa shape index (κ1) is 13.4. The first-order valence-corrected chi connectivity index (χ1v) is 6.24. The highest BCUT2D eigenvalue weighted by molar-refractivity contribution is 6.20. The number of fused-ring (bicyclic) bond motifs is 1. The number of esters is 2. The van der Waals surface area contributed by atoms with Crippen LogP contribution in [-0.4, -0.2) is 31.1 Å². The summed E-state index contributed by atoms with van der Waals surface area (Å²) in [4.78, 5) is 26.3. The Kier molecular flexibility index (Phi) is 4.04. The molecule has 0 amide bonds. The molecule has 0 bridgehead atoms. The van der Waals surface area contributed by atoms with Crippen LogP contribution in [0.2, 0.25) is 0 Å². The van der Waals surface area contributed by atoms with Crippen molar-refractivity contribution in [1.29, 1.82) is 0 Å². The third kappa shape index (κ3) is 2.86. The summed E-state index contributed by atoms with van der Waals surface area (Å²) in [6.07, 6.45) is 5.42. The fraction of sp³-hybridized carbons (Fsp3) is 0.429. The van der Waals surface area contributed by atoms with Gasteiger partial charge in [0.25, 0.3) is 0 Å². The number of aromatic amines is 1. The molecular weight excluding hydrogens is 246 g/mol. The Morgan fingerprint density at radius 2 is 1.95 bits per heavy atom. The van der Waals surface area contributed by atoms with Crippen molar-refractivity contribution in [3.8, 4) is 0 Å². The maximum Gasteiger partial charge on any atom is 0.340 e. The zero-order valence-electron chi connectivity index (χ0n) is 11.1. The molecule has 1 aliphatic carbocycles. The zero-order chi connectivity index (χ0) is 13.8. The number of carbonyl (C=O) groups excluding carboxylic acids is 2. The minimum atomic E-state index is -0.576. The highest BCUT2D eigenvalue weighted by Crippen LogP contribution is 2.25. The predicted molar refractivity (Wildman–Crippen MR) is 69.4 cm³/mol. The van der Waals surface area contributed by atoms with E-state index in [2.05, 4.69) is 9.72 Å². The Balaban J connectivity index is 2.38. The summed E-state index contributed by atoms with van der Waals surface area (Å²) in [6, 6.07) is 1.92. The molecule has 0 unspecified atom stereocenters. The average Bonchev–Trinajstić information content (AvgIpc) is 2.87. The first-order chi connectivity index (χ1) is 9.15. The van der Waals surface area contributed by atoms with E-state index in [1.807, 2.05) is 6.07 Å². The minimum absolute atomic E-state index is 0.198. The Morgan fingerprint density at radius 3 is 2.58 bits per heavy atom. The van der Waals surface area contributed by atoms with Crippen LogP contribution in [0.4, 0.5) is 0 Å². The summed E-state index contributed by atoms with van der Waals surface area (Å²) in [5.41, 5.74) is 3.16. The average molecular weight is 263 g/mol. The quantitative estimate of drug-likeness (QED) is 0.664. The van der Waals surface area contributed by atoms with Crippen LogP contribution in [0.3, 0.4) is 0 Å². The SMILES string of the molecule is COC(=O)/C=C(\C(=O)OC)c1cc2c([nH]1)CCCC2. The topological polar surface area (TPSA) is 68.4 Å². The monoisotopic (exact) mass is 263 g/mol. The molecule has 0 fully saturated rings. The fourth-order valence-electron chi connectivity index (χ4n) is 2.28. The van der Waals surface area contributed by atoms with E-state index in [1.54, 1.807) is 0 Å². The van der Waals surface area contributed by atoms with E-state index >= 15 is 0 Å². The lowest BCUT2D eigenvalue weighted by molar-refractivity contribution is -0.136. The molecule has 19 heavy (non-hydrogen) atoms. The van der Waals surface area contributed by atoms with Gasteiger partial charge in [-0.05, 0) is 37.3 Å².